The maximum absolute atomic E-state index is 15.2. The number of likely N-dealkylation sites (tertiary alicyclic amines) is 1. The maximum Gasteiger partial charge on any atom is 0.256 e. The minimum absolute atomic E-state index is 0.0933. The summed E-state index contributed by atoms with van der Waals surface area (Å²) in [5.74, 6) is -1.26. The molecule has 0 saturated carbocycles. The van der Waals surface area contributed by atoms with Crippen LogP contribution in [0.4, 0.5) is 14.5 Å². The molecule has 2 saturated heterocycles. The summed E-state index contributed by atoms with van der Waals surface area (Å²) in [5, 5.41) is 0.980. The molecule has 7 nitrogen and oxygen atoms in total. The maximum atomic E-state index is 15.2. The van der Waals surface area contributed by atoms with Crippen LogP contribution in [0.2, 0.25) is 5.02 Å². The van der Waals surface area contributed by atoms with Crippen LogP contribution < -0.4 is 15.2 Å². The van der Waals surface area contributed by atoms with Gasteiger partial charge in [0.15, 0.2) is 5.75 Å². The minimum Gasteiger partial charge on any atom is -0.488 e. The summed E-state index contributed by atoms with van der Waals surface area (Å²) < 4.78 is 37.2. The molecule has 3 aliphatic heterocycles. The molecule has 222 valence electrons. The third kappa shape index (κ3) is 4.86. The number of piperidine rings is 1. The van der Waals surface area contributed by atoms with E-state index in [1.807, 2.05) is 18.4 Å². The van der Waals surface area contributed by atoms with Crippen molar-refractivity contribution in [1.29, 1.82) is 0 Å². The highest BCUT2D eigenvalue weighted by atomic mass is 35.5. The highest BCUT2D eigenvalue weighted by Crippen LogP contribution is 2.48. The smallest absolute Gasteiger partial charge is 0.256 e. The predicted octanol–water partition coefficient (Wildman–Crippen LogP) is 5.55. The lowest BCUT2D eigenvalue weighted by atomic mass is 9.96. The number of carbonyl (C=O) groups is 1. The van der Waals surface area contributed by atoms with Gasteiger partial charge in [-0.1, -0.05) is 24.6 Å². The van der Waals surface area contributed by atoms with Crippen LogP contribution >= 0.6 is 11.6 Å². The number of rotatable bonds is 5. The fraction of sp³-hybridized carbons (Fsp3) is 0.438. The molecule has 0 bridgehead atoms. The van der Waals surface area contributed by atoms with Crippen molar-refractivity contribution in [3.63, 3.8) is 0 Å². The average Bonchev–Trinajstić information content (AvgIpc) is 2.97. The Bertz CT molecular complexity index is 1630. The van der Waals surface area contributed by atoms with E-state index in [0.717, 1.165) is 43.1 Å². The number of ether oxygens (including phenoxy) is 1. The molecule has 3 aliphatic rings. The van der Waals surface area contributed by atoms with Crippen LogP contribution in [0.3, 0.4) is 0 Å². The number of hydrogen-bond acceptors (Lipinski definition) is 5. The lowest BCUT2D eigenvalue weighted by Gasteiger charge is -2.43. The molecule has 2 unspecified atom stereocenters. The SMILES string of the molecule is C=CC(=O)N1CCN(c2c(C)c(=O)n3c4c(c(-c5ccc(F)cc5F)c(Cl)cc24)OCC3CN2CCCCC2)C(C)C1. The number of anilines is 1. The van der Waals surface area contributed by atoms with E-state index in [-0.39, 0.29) is 40.7 Å². The number of piperazine rings is 1. The Balaban J connectivity index is 1.57. The van der Waals surface area contributed by atoms with E-state index < -0.39 is 11.6 Å². The number of halogens is 3. The summed E-state index contributed by atoms with van der Waals surface area (Å²) in [5.41, 5.74) is 2.17. The first-order valence-electron chi connectivity index (χ1n) is 14.6. The fourth-order valence-electron chi connectivity index (χ4n) is 6.87. The standard InChI is InChI=1S/C32H35ClF2N4O3/c1-4-27(40)37-12-13-38(19(2)16-37)29-20(3)32(41)39-22(17-36-10-6-5-7-11-36)18-42-31-28(25(33)15-24(29)30(31)39)23-9-8-21(34)14-26(23)35/h4,8-9,14-15,19,22H,1,5-7,10-13,16-18H2,2-3H3. The molecule has 1 aromatic heterocycles. The topological polar surface area (TPSA) is 58.0 Å². The van der Waals surface area contributed by atoms with Gasteiger partial charge in [-0.25, -0.2) is 8.78 Å². The van der Waals surface area contributed by atoms with Gasteiger partial charge in [0, 0.05) is 60.4 Å². The van der Waals surface area contributed by atoms with Gasteiger partial charge in [0.25, 0.3) is 5.56 Å². The van der Waals surface area contributed by atoms with Gasteiger partial charge in [-0.15, -0.1) is 0 Å². The Morgan fingerprint density at radius 1 is 1.14 bits per heavy atom. The summed E-state index contributed by atoms with van der Waals surface area (Å²) >= 11 is 6.91. The van der Waals surface area contributed by atoms with Gasteiger partial charge < -0.3 is 19.4 Å². The summed E-state index contributed by atoms with van der Waals surface area (Å²) in [6.45, 7) is 11.8. The molecule has 10 heteroatoms. The zero-order valence-electron chi connectivity index (χ0n) is 24.0. The van der Waals surface area contributed by atoms with Gasteiger partial charge in [-0.3, -0.25) is 14.2 Å². The largest absolute Gasteiger partial charge is 0.488 e. The second kappa shape index (κ2) is 11.3. The van der Waals surface area contributed by atoms with Crippen LogP contribution in [-0.2, 0) is 4.79 Å². The lowest BCUT2D eigenvalue weighted by Crippen LogP contribution is -2.54. The van der Waals surface area contributed by atoms with Gasteiger partial charge in [-0.2, -0.15) is 0 Å². The molecule has 4 heterocycles. The van der Waals surface area contributed by atoms with Crippen molar-refractivity contribution in [1.82, 2.24) is 14.4 Å². The average molecular weight is 597 g/mol. The first kappa shape index (κ1) is 28.7. The highest BCUT2D eigenvalue weighted by molar-refractivity contribution is 6.35. The number of benzene rings is 2. The fourth-order valence-corrected chi connectivity index (χ4v) is 7.17. The predicted molar refractivity (Wildman–Crippen MR) is 162 cm³/mol. The summed E-state index contributed by atoms with van der Waals surface area (Å²) in [6, 6.07) is 4.80. The quantitative estimate of drug-likeness (QED) is 0.362. The highest BCUT2D eigenvalue weighted by Gasteiger charge is 2.35. The zero-order chi connectivity index (χ0) is 29.7. The van der Waals surface area contributed by atoms with E-state index in [4.69, 9.17) is 16.3 Å². The molecule has 3 aromatic rings. The second-order valence-electron chi connectivity index (χ2n) is 11.6. The molecule has 6 rings (SSSR count). The number of pyridine rings is 1. The van der Waals surface area contributed by atoms with Gasteiger partial charge in [0.2, 0.25) is 5.91 Å². The van der Waals surface area contributed by atoms with E-state index in [0.29, 0.717) is 48.6 Å². The molecule has 0 spiro atoms. The third-order valence-electron chi connectivity index (χ3n) is 8.90. The molecule has 2 fully saturated rings. The monoisotopic (exact) mass is 596 g/mol. The summed E-state index contributed by atoms with van der Waals surface area (Å²) in [7, 11) is 0. The Morgan fingerprint density at radius 3 is 2.60 bits per heavy atom. The zero-order valence-corrected chi connectivity index (χ0v) is 24.7. The summed E-state index contributed by atoms with van der Waals surface area (Å²) in [6.07, 6.45) is 4.76. The minimum atomic E-state index is -0.760. The molecular weight excluding hydrogens is 562 g/mol. The Labute approximate surface area is 248 Å². The van der Waals surface area contributed by atoms with Crippen LogP contribution in [0.5, 0.6) is 5.75 Å². The number of amides is 1. The van der Waals surface area contributed by atoms with Gasteiger partial charge >= 0.3 is 0 Å². The molecular formula is C32H35ClF2N4O3. The van der Waals surface area contributed by atoms with E-state index in [2.05, 4.69) is 16.4 Å². The van der Waals surface area contributed by atoms with E-state index >= 15 is 4.39 Å². The van der Waals surface area contributed by atoms with Crippen molar-refractivity contribution >= 4 is 34.1 Å². The van der Waals surface area contributed by atoms with Crippen molar-refractivity contribution in [2.24, 2.45) is 0 Å². The third-order valence-corrected chi connectivity index (χ3v) is 9.20. The first-order chi connectivity index (χ1) is 20.2. The van der Waals surface area contributed by atoms with Crippen molar-refractivity contribution in [2.45, 2.75) is 45.2 Å². The second-order valence-corrected chi connectivity index (χ2v) is 12.0. The Hall–Kier alpha value is -3.43. The molecule has 2 atom stereocenters. The van der Waals surface area contributed by atoms with Crippen molar-refractivity contribution < 1.29 is 18.3 Å². The Kier molecular flexibility index (Phi) is 7.74. The van der Waals surface area contributed by atoms with Crippen LogP contribution in [0.1, 0.15) is 37.8 Å². The summed E-state index contributed by atoms with van der Waals surface area (Å²) in [4.78, 5) is 32.9. The van der Waals surface area contributed by atoms with Crippen molar-refractivity contribution in [3.8, 4) is 16.9 Å². The number of nitrogens with zero attached hydrogens (tertiary/aromatic N) is 4. The molecule has 0 radical (unpaired) electrons. The number of hydrogen-bond donors (Lipinski definition) is 0. The van der Waals surface area contributed by atoms with E-state index in [1.165, 1.54) is 24.6 Å². The van der Waals surface area contributed by atoms with Crippen LogP contribution in [0.25, 0.3) is 22.0 Å². The van der Waals surface area contributed by atoms with Gasteiger partial charge in [-0.05, 0) is 64.1 Å². The van der Waals surface area contributed by atoms with Gasteiger partial charge in [0.05, 0.1) is 22.3 Å². The molecule has 2 aromatic carbocycles. The van der Waals surface area contributed by atoms with Crippen molar-refractivity contribution in [3.05, 3.63) is 69.5 Å². The van der Waals surface area contributed by atoms with Crippen molar-refractivity contribution in [2.75, 3.05) is 50.8 Å². The van der Waals surface area contributed by atoms with Crippen LogP contribution in [0.15, 0.2) is 41.7 Å². The molecule has 42 heavy (non-hydrogen) atoms. The normalized spacial score (nSPS) is 21.0. The van der Waals surface area contributed by atoms with E-state index in [1.54, 1.807) is 11.0 Å². The van der Waals surface area contributed by atoms with Crippen LogP contribution in [-0.4, -0.2) is 72.2 Å². The molecule has 0 N–H and O–H groups in total. The number of aromatic nitrogens is 1. The van der Waals surface area contributed by atoms with E-state index in [9.17, 15) is 14.0 Å². The van der Waals surface area contributed by atoms with Crippen LogP contribution in [0, 0.1) is 18.6 Å². The number of carbonyl (C=O) groups excluding carboxylic acids is 1. The van der Waals surface area contributed by atoms with Gasteiger partial charge in [0.1, 0.15) is 18.2 Å². The molecule has 0 aliphatic carbocycles. The lowest BCUT2D eigenvalue weighted by molar-refractivity contribution is -0.126. The Morgan fingerprint density at radius 2 is 1.90 bits per heavy atom. The first-order valence-corrected chi connectivity index (χ1v) is 15.0. The molecule has 1 amide bonds.